The van der Waals surface area contributed by atoms with Gasteiger partial charge in [0.1, 0.15) is 4.83 Å². The van der Waals surface area contributed by atoms with Gasteiger partial charge in [0.25, 0.3) is 5.56 Å². The van der Waals surface area contributed by atoms with Crippen molar-refractivity contribution in [3.63, 3.8) is 0 Å². The molecule has 0 aliphatic heterocycles. The van der Waals surface area contributed by atoms with Gasteiger partial charge in [-0.05, 0) is 31.2 Å². The SMILES string of the molecule is Cn1c(=O)n(N)c(=O)c2c3c(sc21)CCCC3. The molecule has 1 aliphatic rings. The Balaban J connectivity index is 2.56. The van der Waals surface area contributed by atoms with E-state index in [2.05, 4.69) is 0 Å². The zero-order valence-electron chi connectivity index (χ0n) is 9.52. The number of fused-ring (bicyclic) bond motifs is 3. The number of nitrogens with zero attached hydrogens (tertiary/aromatic N) is 2. The van der Waals surface area contributed by atoms with Crippen molar-refractivity contribution in [2.24, 2.45) is 7.05 Å². The van der Waals surface area contributed by atoms with E-state index in [1.807, 2.05) is 0 Å². The summed E-state index contributed by atoms with van der Waals surface area (Å²) in [5.41, 5.74) is 0.291. The van der Waals surface area contributed by atoms with E-state index >= 15 is 0 Å². The molecule has 6 heteroatoms. The lowest BCUT2D eigenvalue weighted by atomic mass is 9.97. The fourth-order valence-electron chi connectivity index (χ4n) is 2.46. The molecule has 2 N–H and O–H groups in total. The first-order valence-corrected chi connectivity index (χ1v) is 6.44. The molecule has 0 amide bonds. The number of thiophene rings is 1. The zero-order valence-corrected chi connectivity index (χ0v) is 10.3. The van der Waals surface area contributed by atoms with Crippen molar-refractivity contribution in [2.45, 2.75) is 25.7 Å². The lowest BCUT2D eigenvalue weighted by Crippen LogP contribution is -2.43. The van der Waals surface area contributed by atoms with Crippen LogP contribution in [0.25, 0.3) is 10.2 Å². The normalized spacial score (nSPS) is 15.1. The number of nitrogen functional groups attached to an aromatic ring is 1. The van der Waals surface area contributed by atoms with Crippen molar-refractivity contribution in [3.05, 3.63) is 31.3 Å². The third kappa shape index (κ3) is 1.30. The summed E-state index contributed by atoms with van der Waals surface area (Å²) in [6, 6.07) is 0. The van der Waals surface area contributed by atoms with E-state index in [1.165, 1.54) is 9.44 Å². The molecule has 0 unspecified atom stereocenters. The first kappa shape index (κ1) is 10.6. The van der Waals surface area contributed by atoms with Gasteiger partial charge in [-0.15, -0.1) is 11.3 Å². The highest BCUT2D eigenvalue weighted by Gasteiger charge is 2.21. The number of nitrogens with two attached hydrogens (primary N) is 1. The second-order valence-electron chi connectivity index (χ2n) is 4.41. The van der Waals surface area contributed by atoms with Crippen LogP contribution in [-0.4, -0.2) is 9.24 Å². The first-order valence-electron chi connectivity index (χ1n) is 5.62. The van der Waals surface area contributed by atoms with Crippen LogP contribution in [0, 0.1) is 0 Å². The number of aromatic nitrogens is 2. The second-order valence-corrected chi connectivity index (χ2v) is 5.49. The summed E-state index contributed by atoms with van der Waals surface area (Å²) in [7, 11) is 1.66. The standard InChI is InChI=1S/C11H13N3O2S/c1-13-10-8(9(15)14(12)11(13)16)6-4-2-3-5-7(6)17-10/h2-5,12H2,1H3. The molecule has 17 heavy (non-hydrogen) atoms. The molecule has 0 saturated heterocycles. The molecule has 90 valence electrons. The second kappa shape index (κ2) is 3.46. The van der Waals surface area contributed by atoms with Gasteiger partial charge >= 0.3 is 5.69 Å². The maximum absolute atomic E-state index is 12.1. The smallest absolute Gasteiger partial charge is 0.332 e. The summed E-state index contributed by atoms with van der Waals surface area (Å²) in [5, 5.41) is 0.648. The van der Waals surface area contributed by atoms with E-state index in [-0.39, 0.29) is 5.56 Å². The molecule has 2 heterocycles. The van der Waals surface area contributed by atoms with Crippen LogP contribution in [0.4, 0.5) is 0 Å². The highest BCUT2D eigenvalue weighted by molar-refractivity contribution is 7.18. The Morgan fingerprint density at radius 2 is 1.94 bits per heavy atom. The van der Waals surface area contributed by atoms with E-state index in [9.17, 15) is 9.59 Å². The van der Waals surface area contributed by atoms with E-state index in [1.54, 1.807) is 18.4 Å². The van der Waals surface area contributed by atoms with Crippen molar-refractivity contribution in [1.29, 1.82) is 0 Å². The summed E-state index contributed by atoms with van der Waals surface area (Å²) in [5.74, 6) is 5.52. The lowest BCUT2D eigenvalue weighted by molar-refractivity contribution is 0.697. The molecule has 1 aliphatic carbocycles. The van der Waals surface area contributed by atoms with Gasteiger partial charge in [-0.3, -0.25) is 9.36 Å². The molecular weight excluding hydrogens is 238 g/mol. The highest BCUT2D eigenvalue weighted by atomic mass is 32.1. The van der Waals surface area contributed by atoms with Gasteiger partial charge in [0.2, 0.25) is 0 Å². The van der Waals surface area contributed by atoms with Crippen LogP contribution < -0.4 is 17.1 Å². The minimum Gasteiger partial charge on any atom is -0.332 e. The summed E-state index contributed by atoms with van der Waals surface area (Å²) < 4.78 is 2.18. The van der Waals surface area contributed by atoms with E-state index in [4.69, 9.17) is 5.84 Å². The van der Waals surface area contributed by atoms with Crippen LogP contribution in [0.1, 0.15) is 23.3 Å². The van der Waals surface area contributed by atoms with Crippen LogP contribution in [0.15, 0.2) is 9.59 Å². The predicted molar refractivity (Wildman–Crippen MR) is 68.1 cm³/mol. The molecule has 2 aromatic heterocycles. The van der Waals surface area contributed by atoms with Gasteiger partial charge in [0.15, 0.2) is 0 Å². The van der Waals surface area contributed by atoms with E-state index in [0.717, 1.165) is 36.1 Å². The van der Waals surface area contributed by atoms with Gasteiger partial charge in [0.05, 0.1) is 5.39 Å². The fourth-order valence-corrected chi connectivity index (χ4v) is 3.80. The molecule has 0 bridgehead atoms. The highest BCUT2D eigenvalue weighted by Crippen LogP contribution is 2.33. The Morgan fingerprint density at radius 3 is 2.71 bits per heavy atom. The van der Waals surface area contributed by atoms with Crippen LogP contribution >= 0.6 is 11.3 Å². The van der Waals surface area contributed by atoms with Crippen molar-refractivity contribution in [2.75, 3.05) is 5.84 Å². The van der Waals surface area contributed by atoms with Crippen molar-refractivity contribution < 1.29 is 0 Å². The van der Waals surface area contributed by atoms with Crippen molar-refractivity contribution >= 4 is 21.6 Å². The minimum absolute atomic E-state index is 0.359. The molecule has 3 rings (SSSR count). The number of rotatable bonds is 0. The van der Waals surface area contributed by atoms with Crippen LogP contribution in [0.5, 0.6) is 0 Å². The molecule has 0 radical (unpaired) electrons. The molecule has 5 nitrogen and oxygen atoms in total. The molecule has 0 atom stereocenters. The maximum Gasteiger partial charge on any atom is 0.350 e. The summed E-state index contributed by atoms with van der Waals surface area (Å²) in [4.78, 5) is 25.8. The van der Waals surface area contributed by atoms with Crippen molar-refractivity contribution in [3.8, 4) is 0 Å². The quantitative estimate of drug-likeness (QED) is 0.687. The van der Waals surface area contributed by atoms with Crippen LogP contribution in [-0.2, 0) is 19.9 Å². The predicted octanol–water partition coefficient (Wildman–Crippen LogP) is 0.354. The molecule has 0 aromatic carbocycles. The summed E-state index contributed by atoms with van der Waals surface area (Å²) in [6.45, 7) is 0. The Kier molecular flexibility index (Phi) is 2.16. The molecule has 0 spiro atoms. The van der Waals surface area contributed by atoms with E-state index in [0.29, 0.717) is 10.1 Å². The topological polar surface area (TPSA) is 70.0 Å². The number of aryl methyl sites for hydroxylation is 3. The Bertz CT molecular complexity index is 723. The molecule has 0 fully saturated rings. The number of hydrogen-bond acceptors (Lipinski definition) is 4. The third-order valence-electron chi connectivity index (χ3n) is 3.38. The third-order valence-corrected chi connectivity index (χ3v) is 4.75. The van der Waals surface area contributed by atoms with Crippen LogP contribution in [0.3, 0.4) is 0 Å². The van der Waals surface area contributed by atoms with E-state index < -0.39 is 5.69 Å². The molecular formula is C11H13N3O2S. The zero-order chi connectivity index (χ0) is 12.2. The average molecular weight is 251 g/mol. The lowest BCUT2D eigenvalue weighted by Gasteiger charge is -2.10. The Labute approximate surface area is 101 Å². The molecule has 0 saturated carbocycles. The monoisotopic (exact) mass is 251 g/mol. The molecule has 2 aromatic rings. The Morgan fingerprint density at radius 1 is 1.24 bits per heavy atom. The number of hydrogen-bond donors (Lipinski definition) is 1. The summed E-state index contributed by atoms with van der Waals surface area (Å²) in [6.07, 6.45) is 4.19. The first-order chi connectivity index (χ1) is 8.11. The minimum atomic E-state index is -0.457. The maximum atomic E-state index is 12.1. The Hall–Kier alpha value is -1.56. The summed E-state index contributed by atoms with van der Waals surface area (Å²) >= 11 is 1.56. The van der Waals surface area contributed by atoms with Gasteiger partial charge in [-0.2, -0.15) is 4.68 Å². The largest absolute Gasteiger partial charge is 0.350 e. The van der Waals surface area contributed by atoms with Gasteiger partial charge < -0.3 is 5.84 Å². The fraction of sp³-hybridized carbons (Fsp3) is 0.455. The van der Waals surface area contributed by atoms with Gasteiger partial charge in [0, 0.05) is 11.9 Å². The van der Waals surface area contributed by atoms with Gasteiger partial charge in [-0.1, -0.05) is 0 Å². The average Bonchev–Trinajstić information content (AvgIpc) is 2.73. The van der Waals surface area contributed by atoms with Gasteiger partial charge in [-0.25, -0.2) is 4.79 Å². The van der Waals surface area contributed by atoms with Crippen molar-refractivity contribution in [1.82, 2.24) is 9.24 Å². The van der Waals surface area contributed by atoms with Crippen LogP contribution in [0.2, 0.25) is 0 Å².